The maximum Gasteiger partial charge on any atom is 0.225 e. The van der Waals surface area contributed by atoms with E-state index in [-0.39, 0.29) is 30.2 Å². The normalized spacial score (nSPS) is 17.6. The van der Waals surface area contributed by atoms with Crippen molar-refractivity contribution in [1.29, 1.82) is 0 Å². The zero-order chi connectivity index (χ0) is 24.7. The molecule has 6 heteroatoms. The molecule has 35 heavy (non-hydrogen) atoms. The molecule has 3 aromatic carbocycles. The van der Waals surface area contributed by atoms with Gasteiger partial charge in [-0.05, 0) is 54.9 Å². The lowest BCUT2D eigenvalue weighted by Crippen LogP contribution is -2.46. The van der Waals surface area contributed by atoms with Crippen molar-refractivity contribution in [1.82, 2.24) is 9.62 Å². The quantitative estimate of drug-likeness (QED) is 0.465. The van der Waals surface area contributed by atoms with E-state index in [1.807, 2.05) is 91.9 Å². The monoisotopic (exact) mass is 490 g/mol. The summed E-state index contributed by atoms with van der Waals surface area (Å²) >= 11 is 0. The van der Waals surface area contributed by atoms with Crippen LogP contribution in [0.3, 0.4) is 0 Å². The highest BCUT2D eigenvalue weighted by Crippen LogP contribution is 2.27. The molecule has 4 rings (SSSR count). The van der Waals surface area contributed by atoms with Crippen LogP contribution < -0.4 is 5.32 Å². The number of rotatable bonds is 9. The van der Waals surface area contributed by atoms with E-state index in [9.17, 15) is 13.2 Å². The highest BCUT2D eigenvalue weighted by atomic mass is 32.2. The van der Waals surface area contributed by atoms with E-state index < -0.39 is 10.0 Å². The Hall–Kier alpha value is -2.96. The summed E-state index contributed by atoms with van der Waals surface area (Å²) in [4.78, 5) is 13.4. The highest BCUT2D eigenvalue weighted by Gasteiger charge is 2.33. The number of nitrogens with zero attached hydrogens (tertiary/aromatic N) is 1. The van der Waals surface area contributed by atoms with Crippen molar-refractivity contribution in [3.8, 4) is 0 Å². The molecule has 0 radical (unpaired) electrons. The van der Waals surface area contributed by atoms with Crippen LogP contribution in [-0.2, 0) is 21.2 Å². The Kier molecular flexibility index (Phi) is 8.37. The fourth-order valence-electron chi connectivity index (χ4n) is 4.80. The maximum atomic E-state index is 13.4. The molecule has 0 spiro atoms. The summed E-state index contributed by atoms with van der Waals surface area (Å²) in [7, 11) is -3.41. The van der Waals surface area contributed by atoms with Crippen molar-refractivity contribution in [2.24, 2.45) is 5.92 Å². The molecule has 1 fully saturated rings. The number of carbonyl (C=O) groups excluding carboxylic acids is 1. The fraction of sp³-hybridized carbons (Fsp3) is 0.345. The molecular formula is C29H34N2O3S. The smallest absolute Gasteiger partial charge is 0.225 e. The van der Waals surface area contributed by atoms with Gasteiger partial charge in [-0.1, -0.05) is 84.9 Å². The number of benzene rings is 3. The Labute approximate surface area is 209 Å². The third kappa shape index (κ3) is 6.59. The van der Waals surface area contributed by atoms with Crippen molar-refractivity contribution in [2.75, 3.05) is 18.8 Å². The molecule has 0 saturated carbocycles. The van der Waals surface area contributed by atoms with E-state index in [1.54, 1.807) is 0 Å². The van der Waals surface area contributed by atoms with Crippen molar-refractivity contribution in [3.63, 3.8) is 0 Å². The van der Waals surface area contributed by atoms with Gasteiger partial charge in [0.25, 0.3) is 0 Å². The molecule has 1 saturated heterocycles. The molecule has 184 valence electrons. The molecule has 1 amide bonds. The van der Waals surface area contributed by atoms with Crippen LogP contribution in [0.4, 0.5) is 0 Å². The zero-order valence-corrected chi connectivity index (χ0v) is 21.1. The van der Waals surface area contributed by atoms with Crippen molar-refractivity contribution < 1.29 is 13.2 Å². The van der Waals surface area contributed by atoms with Crippen LogP contribution in [0.1, 0.15) is 47.6 Å². The lowest BCUT2D eigenvalue weighted by atomic mass is 9.93. The molecule has 0 aliphatic carbocycles. The number of hydrogen-bond donors (Lipinski definition) is 1. The third-order valence-corrected chi connectivity index (χ3v) is 8.70. The lowest BCUT2D eigenvalue weighted by Gasteiger charge is -2.32. The van der Waals surface area contributed by atoms with Crippen LogP contribution in [0.25, 0.3) is 0 Å². The number of nitrogens with one attached hydrogen (secondary N) is 1. The number of carbonyl (C=O) groups is 1. The van der Waals surface area contributed by atoms with Crippen molar-refractivity contribution in [2.45, 2.75) is 38.6 Å². The lowest BCUT2D eigenvalue weighted by molar-refractivity contribution is -0.126. The van der Waals surface area contributed by atoms with E-state index in [0.29, 0.717) is 25.8 Å². The largest absolute Gasteiger partial charge is 0.345 e. The van der Waals surface area contributed by atoms with E-state index >= 15 is 0 Å². The van der Waals surface area contributed by atoms with Gasteiger partial charge < -0.3 is 5.32 Å². The van der Waals surface area contributed by atoms with Gasteiger partial charge in [-0.2, -0.15) is 0 Å². The number of piperidine rings is 1. The average Bonchev–Trinajstić information content (AvgIpc) is 2.89. The molecule has 0 bridgehead atoms. The molecule has 0 aromatic heterocycles. The first kappa shape index (κ1) is 25.1. The Morgan fingerprint density at radius 3 is 2.34 bits per heavy atom. The van der Waals surface area contributed by atoms with Gasteiger partial charge in [0.15, 0.2) is 0 Å². The Balaban J connectivity index is 1.42. The number of aryl methyl sites for hydroxylation is 2. The Morgan fingerprint density at radius 2 is 1.63 bits per heavy atom. The van der Waals surface area contributed by atoms with E-state index in [4.69, 9.17) is 0 Å². The fourth-order valence-corrected chi connectivity index (χ4v) is 6.38. The first-order valence-corrected chi connectivity index (χ1v) is 14.0. The minimum absolute atomic E-state index is 0.0914. The van der Waals surface area contributed by atoms with Crippen LogP contribution in [0.2, 0.25) is 0 Å². The molecule has 1 heterocycles. The summed E-state index contributed by atoms with van der Waals surface area (Å²) in [5.74, 6) is -0.347. The minimum Gasteiger partial charge on any atom is -0.345 e. The van der Waals surface area contributed by atoms with Crippen LogP contribution in [0.15, 0.2) is 84.9 Å². The second-order valence-corrected chi connectivity index (χ2v) is 11.4. The summed E-state index contributed by atoms with van der Waals surface area (Å²) in [6, 6.07) is 27.6. The van der Waals surface area contributed by atoms with Crippen molar-refractivity contribution in [3.05, 3.63) is 107 Å². The molecule has 1 aliphatic heterocycles. The van der Waals surface area contributed by atoms with Gasteiger partial charge in [0, 0.05) is 13.1 Å². The van der Waals surface area contributed by atoms with Gasteiger partial charge in [-0.25, -0.2) is 12.7 Å². The maximum absolute atomic E-state index is 13.4. The molecule has 1 aliphatic rings. The van der Waals surface area contributed by atoms with Crippen LogP contribution >= 0.6 is 0 Å². The van der Waals surface area contributed by atoms with Crippen LogP contribution in [0, 0.1) is 12.8 Å². The summed E-state index contributed by atoms with van der Waals surface area (Å²) < 4.78 is 27.6. The van der Waals surface area contributed by atoms with Crippen LogP contribution in [-0.4, -0.2) is 37.5 Å². The summed E-state index contributed by atoms with van der Waals surface area (Å²) in [6.07, 6.45) is 2.68. The van der Waals surface area contributed by atoms with Crippen molar-refractivity contribution >= 4 is 15.9 Å². The Bertz CT molecular complexity index is 1210. The summed E-state index contributed by atoms with van der Waals surface area (Å²) in [5.41, 5.74) is 4.30. The van der Waals surface area contributed by atoms with Gasteiger partial charge in [0.05, 0.1) is 17.7 Å². The molecule has 0 unspecified atom stereocenters. The van der Waals surface area contributed by atoms with E-state index in [2.05, 4.69) is 5.32 Å². The second kappa shape index (κ2) is 11.6. The highest BCUT2D eigenvalue weighted by molar-refractivity contribution is 7.89. The SMILES string of the molecule is Cc1ccccc1[C@@H](NC(=O)[C@H]1CCCN(S(=O)(=O)CCCc2ccccc2)C1)c1ccccc1. The predicted octanol–water partition coefficient (Wildman–Crippen LogP) is 4.88. The minimum atomic E-state index is -3.41. The molecule has 3 aromatic rings. The average molecular weight is 491 g/mol. The van der Waals surface area contributed by atoms with Gasteiger partial charge in [-0.3, -0.25) is 4.79 Å². The van der Waals surface area contributed by atoms with Gasteiger partial charge in [0.2, 0.25) is 15.9 Å². The summed E-state index contributed by atoms with van der Waals surface area (Å²) in [6.45, 7) is 2.77. The number of hydrogen-bond acceptors (Lipinski definition) is 3. The first-order chi connectivity index (χ1) is 16.9. The second-order valence-electron chi connectivity index (χ2n) is 9.31. The first-order valence-electron chi connectivity index (χ1n) is 12.4. The topological polar surface area (TPSA) is 66.5 Å². The standard InChI is InChI=1S/C29H34N2O3S/c1-23-12-8-9-19-27(23)28(25-16-6-3-7-17-25)30-29(32)26-18-10-20-31(22-26)35(33,34)21-11-15-24-13-4-2-5-14-24/h2-9,12-14,16-17,19,26,28H,10-11,15,18,20-22H2,1H3,(H,30,32)/t26-,28-/m0/s1. The van der Waals surface area contributed by atoms with E-state index in [1.165, 1.54) is 4.31 Å². The van der Waals surface area contributed by atoms with Gasteiger partial charge in [0.1, 0.15) is 0 Å². The molecular weight excluding hydrogens is 456 g/mol. The zero-order valence-electron chi connectivity index (χ0n) is 20.3. The number of amides is 1. The van der Waals surface area contributed by atoms with E-state index in [0.717, 1.165) is 28.7 Å². The molecule has 5 nitrogen and oxygen atoms in total. The van der Waals surface area contributed by atoms with Crippen LogP contribution in [0.5, 0.6) is 0 Å². The van der Waals surface area contributed by atoms with Gasteiger partial charge >= 0.3 is 0 Å². The molecule has 2 atom stereocenters. The Morgan fingerprint density at radius 1 is 0.971 bits per heavy atom. The third-order valence-electron chi connectivity index (χ3n) is 6.78. The summed E-state index contributed by atoms with van der Waals surface area (Å²) in [5, 5.41) is 3.24. The van der Waals surface area contributed by atoms with Gasteiger partial charge in [-0.15, -0.1) is 0 Å². The number of sulfonamides is 1. The predicted molar refractivity (Wildman–Crippen MR) is 140 cm³/mol. The molecule has 1 N–H and O–H groups in total.